The van der Waals surface area contributed by atoms with E-state index in [2.05, 4.69) is 13.8 Å². The summed E-state index contributed by atoms with van der Waals surface area (Å²) in [4.78, 5) is 23.7. The fourth-order valence-corrected chi connectivity index (χ4v) is 2.84. The molecule has 2 aromatic carbocycles. The van der Waals surface area contributed by atoms with Crippen LogP contribution in [0.1, 0.15) is 66.2 Å². The minimum absolute atomic E-state index is 0.0575. The van der Waals surface area contributed by atoms with Crippen molar-refractivity contribution in [2.24, 2.45) is 0 Å². The van der Waals surface area contributed by atoms with E-state index in [1.54, 1.807) is 12.2 Å². The standard InChI is InChI=1S/C24H28O4/c1-15(2)19-8-10-20(11-9-19)21(25)12-7-18-13-16(3)22(17(4)14-18)28-24(5,6)23(26)27/h7-15H,1-6H3,(H,26,27). The molecule has 4 nitrogen and oxygen atoms in total. The molecule has 0 atom stereocenters. The summed E-state index contributed by atoms with van der Waals surface area (Å²) >= 11 is 0. The van der Waals surface area contributed by atoms with Gasteiger partial charge in [-0.1, -0.05) is 44.2 Å². The molecule has 2 rings (SSSR count). The Kier molecular flexibility index (Phi) is 6.45. The largest absolute Gasteiger partial charge is 0.478 e. The Hall–Kier alpha value is -2.88. The molecule has 0 saturated heterocycles. The van der Waals surface area contributed by atoms with Gasteiger partial charge in [-0.25, -0.2) is 4.79 Å². The summed E-state index contributed by atoms with van der Waals surface area (Å²) in [7, 11) is 0. The highest BCUT2D eigenvalue weighted by Gasteiger charge is 2.30. The van der Waals surface area contributed by atoms with Gasteiger partial charge in [-0.2, -0.15) is 0 Å². The number of hydrogen-bond acceptors (Lipinski definition) is 3. The Balaban J connectivity index is 2.20. The summed E-state index contributed by atoms with van der Waals surface area (Å²) in [5, 5.41) is 9.27. The van der Waals surface area contributed by atoms with Crippen molar-refractivity contribution in [1.82, 2.24) is 0 Å². The zero-order valence-corrected chi connectivity index (χ0v) is 17.4. The summed E-state index contributed by atoms with van der Waals surface area (Å²) < 4.78 is 5.71. The number of ketones is 1. The van der Waals surface area contributed by atoms with Crippen LogP contribution < -0.4 is 4.74 Å². The van der Waals surface area contributed by atoms with Gasteiger partial charge in [0.1, 0.15) is 5.75 Å². The number of allylic oxidation sites excluding steroid dienone is 1. The molecule has 0 aliphatic heterocycles. The fourth-order valence-electron chi connectivity index (χ4n) is 2.84. The Morgan fingerprint density at radius 2 is 1.57 bits per heavy atom. The highest BCUT2D eigenvalue weighted by Crippen LogP contribution is 2.29. The first-order valence-corrected chi connectivity index (χ1v) is 9.37. The van der Waals surface area contributed by atoms with Gasteiger partial charge in [-0.3, -0.25) is 4.79 Å². The molecule has 0 aliphatic carbocycles. The number of carbonyl (C=O) groups excluding carboxylic acids is 1. The van der Waals surface area contributed by atoms with Gasteiger partial charge in [-0.05, 0) is 74.1 Å². The molecule has 148 valence electrons. The third-order valence-corrected chi connectivity index (χ3v) is 4.64. The van der Waals surface area contributed by atoms with E-state index in [4.69, 9.17) is 4.74 Å². The maximum Gasteiger partial charge on any atom is 0.347 e. The van der Waals surface area contributed by atoms with E-state index in [-0.39, 0.29) is 5.78 Å². The predicted octanol–water partition coefficient (Wildman–Crippen LogP) is 5.56. The van der Waals surface area contributed by atoms with Gasteiger partial charge in [0.2, 0.25) is 0 Å². The van der Waals surface area contributed by atoms with Crippen LogP contribution >= 0.6 is 0 Å². The van der Waals surface area contributed by atoms with Crippen LogP contribution in [0.2, 0.25) is 0 Å². The van der Waals surface area contributed by atoms with Gasteiger partial charge >= 0.3 is 5.97 Å². The number of ether oxygens (including phenoxy) is 1. The van der Waals surface area contributed by atoms with Crippen LogP contribution in [0.3, 0.4) is 0 Å². The SMILES string of the molecule is Cc1cc(C=CC(=O)c2ccc(C(C)C)cc2)cc(C)c1OC(C)(C)C(=O)O. The number of aryl methyl sites for hydroxylation is 2. The second-order valence-corrected chi connectivity index (χ2v) is 7.88. The van der Waals surface area contributed by atoms with Crippen molar-refractivity contribution in [1.29, 1.82) is 0 Å². The number of aliphatic carboxylic acids is 1. The van der Waals surface area contributed by atoms with E-state index >= 15 is 0 Å². The highest BCUT2D eigenvalue weighted by atomic mass is 16.5. The Morgan fingerprint density at radius 3 is 2.04 bits per heavy atom. The first-order valence-electron chi connectivity index (χ1n) is 9.37. The summed E-state index contributed by atoms with van der Waals surface area (Å²) in [6, 6.07) is 11.4. The smallest absolute Gasteiger partial charge is 0.347 e. The average molecular weight is 380 g/mol. The van der Waals surface area contributed by atoms with Gasteiger partial charge < -0.3 is 9.84 Å². The fraction of sp³-hybridized carbons (Fsp3) is 0.333. The maximum absolute atomic E-state index is 12.4. The third kappa shape index (κ3) is 5.10. The minimum Gasteiger partial charge on any atom is -0.478 e. The summed E-state index contributed by atoms with van der Waals surface area (Å²) in [6.45, 7) is 11.0. The number of benzene rings is 2. The predicted molar refractivity (Wildman–Crippen MR) is 112 cm³/mol. The van der Waals surface area contributed by atoms with Crippen LogP contribution in [0.25, 0.3) is 6.08 Å². The lowest BCUT2D eigenvalue weighted by Gasteiger charge is -2.24. The quantitative estimate of drug-likeness (QED) is 0.504. The van der Waals surface area contributed by atoms with Gasteiger partial charge in [0.15, 0.2) is 11.4 Å². The molecule has 0 spiro atoms. The summed E-state index contributed by atoms with van der Waals surface area (Å²) in [5.41, 5.74) is 3.04. The zero-order chi connectivity index (χ0) is 21.1. The Labute approximate surface area is 166 Å². The average Bonchev–Trinajstić information content (AvgIpc) is 2.62. The molecule has 2 aromatic rings. The van der Waals surface area contributed by atoms with Crippen LogP contribution in [0, 0.1) is 13.8 Å². The van der Waals surface area contributed by atoms with E-state index < -0.39 is 11.6 Å². The van der Waals surface area contributed by atoms with Crippen LogP contribution in [-0.4, -0.2) is 22.5 Å². The number of rotatable bonds is 7. The second-order valence-electron chi connectivity index (χ2n) is 7.88. The lowest BCUT2D eigenvalue weighted by Crippen LogP contribution is -2.38. The van der Waals surface area contributed by atoms with E-state index in [0.717, 1.165) is 16.7 Å². The van der Waals surface area contributed by atoms with Crippen molar-refractivity contribution in [2.75, 3.05) is 0 Å². The number of carboxylic acid groups (broad SMARTS) is 1. The van der Waals surface area contributed by atoms with Crippen LogP contribution in [0.15, 0.2) is 42.5 Å². The van der Waals surface area contributed by atoms with Crippen molar-refractivity contribution in [3.63, 3.8) is 0 Å². The van der Waals surface area contributed by atoms with E-state index in [0.29, 0.717) is 17.2 Å². The van der Waals surface area contributed by atoms with Crippen molar-refractivity contribution >= 4 is 17.8 Å². The summed E-state index contributed by atoms with van der Waals surface area (Å²) in [6.07, 6.45) is 3.32. The maximum atomic E-state index is 12.4. The highest BCUT2D eigenvalue weighted by molar-refractivity contribution is 6.06. The van der Waals surface area contributed by atoms with Crippen LogP contribution in [0.4, 0.5) is 0 Å². The second kappa shape index (κ2) is 8.42. The molecular weight excluding hydrogens is 352 g/mol. The monoisotopic (exact) mass is 380 g/mol. The molecule has 0 aliphatic rings. The lowest BCUT2D eigenvalue weighted by atomic mass is 10.00. The molecule has 0 fully saturated rings. The van der Waals surface area contributed by atoms with Crippen molar-refractivity contribution in [3.05, 3.63) is 70.3 Å². The molecule has 0 amide bonds. The molecule has 4 heteroatoms. The molecule has 28 heavy (non-hydrogen) atoms. The van der Waals surface area contributed by atoms with Crippen LogP contribution in [-0.2, 0) is 4.79 Å². The number of carboxylic acids is 1. The van der Waals surface area contributed by atoms with E-state index in [1.807, 2.05) is 50.2 Å². The molecule has 0 radical (unpaired) electrons. The van der Waals surface area contributed by atoms with E-state index in [9.17, 15) is 14.7 Å². The minimum atomic E-state index is -1.31. The topological polar surface area (TPSA) is 63.6 Å². The van der Waals surface area contributed by atoms with E-state index in [1.165, 1.54) is 19.4 Å². The lowest BCUT2D eigenvalue weighted by molar-refractivity contribution is -0.152. The molecular formula is C24H28O4. The van der Waals surface area contributed by atoms with Crippen molar-refractivity contribution in [2.45, 2.75) is 53.1 Å². The van der Waals surface area contributed by atoms with Gasteiger partial charge in [0.25, 0.3) is 0 Å². The van der Waals surface area contributed by atoms with Gasteiger partial charge in [-0.15, -0.1) is 0 Å². The Bertz CT molecular complexity index is 880. The van der Waals surface area contributed by atoms with Gasteiger partial charge in [0.05, 0.1) is 0 Å². The van der Waals surface area contributed by atoms with Crippen molar-refractivity contribution < 1.29 is 19.4 Å². The van der Waals surface area contributed by atoms with Crippen molar-refractivity contribution in [3.8, 4) is 5.75 Å². The normalized spacial score (nSPS) is 11.8. The van der Waals surface area contributed by atoms with Gasteiger partial charge in [0, 0.05) is 5.56 Å². The molecule has 0 unspecified atom stereocenters. The third-order valence-electron chi connectivity index (χ3n) is 4.64. The molecule has 0 bridgehead atoms. The molecule has 1 N–H and O–H groups in total. The molecule has 0 saturated carbocycles. The first kappa shape index (κ1) is 21.4. The first-order chi connectivity index (χ1) is 13.0. The zero-order valence-electron chi connectivity index (χ0n) is 17.4. The van der Waals surface area contributed by atoms with Crippen LogP contribution in [0.5, 0.6) is 5.75 Å². The molecule has 0 heterocycles. The number of carbonyl (C=O) groups is 2. The Morgan fingerprint density at radius 1 is 1.04 bits per heavy atom. The number of hydrogen-bond donors (Lipinski definition) is 1. The molecule has 0 aromatic heterocycles. The summed E-state index contributed by atoms with van der Waals surface area (Å²) in [5.74, 6) is -0.0973.